The van der Waals surface area contributed by atoms with Gasteiger partial charge in [-0.05, 0) is 26.5 Å². The van der Waals surface area contributed by atoms with E-state index in [9.17, 15) is 0 Å². The molecule has 0 amide bonds. The number of aliphatic hydroxyl groups excluding tert-OH is 1. The summed E-state index contributed by atoms with van der Waals surface area (Å²) < 4.78 is 5.32. The van der Waals surface area contributed by atoms with Crippen molar-refractivity contribution in [1.82, 2.24) is 5.32 Å². The molecule has 14 heavy (non-hydrogen) atoms. The number of ether oxygens (including phenoxy) is 1. The number of rotatable bonds is 9. The fourth-order valence-electron chi connectivity index (χ4n) is 1.32. The Bertz CT molecular complexity index is 119. The van der Waals surface area contributed by atoms with Crippen LogP contribution in [0.2, 0.25) is 0 Å². The number of thioether (sulfide) groups is 1. The maximum atomic E-state index is 8.87. The van der Waals surface area contributed by atoms with Gasteiger partial charge in [0.2, 0.25) is 0 Å². The Hall–Kier alpha value is 0.230. The summed E-state index contributed by atoms with van der Waals surface area (Å²) in [5.41, 5.74) is 0. The first kappa shape index (κ1) is 14.2. The summed E-state index contributed by atoms with van der Waals surface area (Å²) in [6.07, 6.45) is 2.90. The Morgan fingerprint density at radius 3 is 2.71 bits per heavy atom. The molecule has 0 aliphatic carbocycles. The summed E-state index contributed by atoms with van der Waals surface area (Å²) in [5.74, 6) is 1.04. The molecule has 0 aromatic carbocycles. The molecule has 86 valence electrons. The predicted octanol–water partition coefficient (Wildman–Crippen LogP) is 1.11. The zero-order valence-corrected chi connectivity index (χ0v) is 10.3. The van der Waals surface area contributed by atoms with E-state index in [0.717, 1.165) is 25.4 Å². The molecule has 2 atom stereocenters. The fourth-order valence-corrected chi connectivity index (χ4v) is 1.98. The van der Waals surface area contributed by atoms with Gasteiger partial charge in [0.1, 0.15) is 0 Å². The van der Waals surface area contributed by atoms with Crippen molar-refractivity contribution in [2.24, 2.45) is 0 Å². The van der Waals surface area contributed by atoms with Crippen LogP contribution in [0.4, 0.5) is 0 Å². The average Bonchev–Trinajstić information content (AvgIpc) is 2.15. The molecule has 0 aromatic heterocycles. The van der Waals surface area contributed by atoms with E-state index in [4.69, 9.17) is 9.84 Å². The molecule has 3 nitrogen and oxygen atoms in total. The van der Waals surface area contributed by atoms with Crippen LogP contribution >= 0.6 is 11.8 Å². The van der Waals surface area contributed by atoms with Crippen molar-refractivity contribution >= 4 is 11.8 Å². The molecule has 4 heteroatoms. The Morgan fingerprint density at radius 2 is 2.21 bits per heavy atom. The molecule has 2 N–H and O–H groups in total. The first-order chi connectivity index (χ1) is 6.74. The third kappa shape index (κ3) is 7.62. The van der Waals surface area contributed by atoms with E-state index >= 15 is 0 Å². The highest BCUT2D eigenvalue weighted by molar-refractivity contribution is 7.98. The van der Waals surface area contributed by atoms with Crippen molar-refractivity contribution in [2.45, 2.75) is 32.4 Å². The van der Waals surface area contributed by atoms with Crippen molar-refractivity contribution in [1.29, 1.82) is 0 Å². The smallest absolute Gasteiger partial charge is 0.0616 e. The predicted molar refractivity (Wildman–Crippen MR) is 63.0 cm³/mol. The van der Waals surface area contributed by atoms with Gasteiger partial charge in [-0.3, -0.25) is 0 Å². The topological polar surface area (TPSA) is 41.5 Å². The number of hydrogen-bond donors (Lipinski definition) is 2. The van der Waals surface area contributed by atoms with Gasteiger partial charge in [0.05, 0.1) is 6.61 Å². The zero-order valence-electron chi connectivity index (χ0n) is 9.45. The summed E-state index contributed by atoms with van der Waals surface area (Å²) in [6.45, 7) is 5.87. The molecular weight excluding hydrogens is 198 g/mol. The third-order valence-corrected chi connectivity index (χ3v) is 2.67. The van der Waals surface area contributed by atoms with Gasteiger partial charge < -0.3 is 15.2 Å². The van der Waals surface area contributed by atoms with Gasteiger partial charge >= 0.3 is 0 Å². The Balaban J connectivity index is 3.64. The summed E-state index contributed by atoms with van der Waals surface area (Å²) in [5, 5.41) is 12.3. The molecule has 0 rings (SSSR count). The van der Waals surface area contributed by atoms with Gasteiger partial charge in [0.15, 0.2) is 0 Å². The molecule has 0 heterocycles. The standard InChI is InChI=1S/C10H23NO2S/c1-4-13-7-9(2)11-10(5-6-12)8-14-3/h9-12H,4-8H2,1-3H3. The van der Waals surface area contributed by atoms with Crippen molar-refractivity contribution in [3.8, 4) is 0 Å². The molecule has 0 saturated carbocycles. The highest BCUT2D eigenvalue weighted by atomic mass is 32.2. The zero-order chi connectivity index (χ0) is 10.8. The number of hydrogen-bond acceptors (Lipinski definition) is 4. The maximum absolute atomic E-state index is 8.87. The molecule has 0 aliphatic heterocycles. The molecule has 2 unspecified atom stereocenters. The molecular formula is C10H23NO2S. The van der Waals surface area contributed by atoms with Gasteiger partial charge in [-0.15, -0.1) is 0 Å². The second-order valence-corrected chi connectivity index (χ2v) is 4.30. The van der Waals surface area contributed by atoms with Crippen LogP contribution in [0.3, 0.4) is 0 Å². The minimum absolute atomic E-state index is 0.250. The van der Waals surface area contributed by atoms with E-state index in [1.54, 1.807) is 11.8 Å². The highest BCUT2D eigenvalue weighted by Gasteiger charge is 2.10. The van der Waals surface area contributed by atoms with Gasteiger partial charge in [-0.25, -0.2) is 0 Å². The SMILES string of the molecule is CCOCC(C)NC(CCO)CSC. The van der Waals surface area contributed by atoms with Crippen LogP contribution in [0, 0.1) is 0 Å². The quantitative estimate of drug-likeness (QED) is 0.612. The maximum Gasteiger partial charge on any atom is 0.0616 e. The first-order valence-corrected chi connectivity index (χ1v) is 6.57. The van der Waals surface area contributed by atoms with Crippen LogP contribution in [0.5, 0.6) is 0 Å². The summed E-state index contributed by atoms with van der Waals surface area (Å²) >= 11 is 1.80. The monoisotopic (exact) mass is 221 g/mol. The van der Waals surface area contributed by atoms with E-state index < -0.39 is 0 Å². The van der Waals surface area contributed by atoms with E-state index in [1.807, 2.05) is 6.92 Å². The van der Waals surface area contributed by atoms with E-state index in [-0.39, 0.29) is 6.61 Å². The van der Waals surface area contributed by atoms with Crippen LogP contribution in [-0.4, -0.2) is 49.0 Å². The Kier molecular flexibility index (Phi) is 9.93. The average molecular weight is 221 g/mol. The van der Waals surface area contributed by atoms with Crippen LogP contribution in [0.15, 0.2) is 0 Å². The second-order valence-electron chi connectivity index (χ2n) is 3.39. The number of aliphatic hydroxyl groups is 1. The van der Waals surface area contributed by atoms with Crippen LogP contribution in [0.1, 0.15) is 20.3 Å². The largest absolute Gasteiger partial charge is 0.396 e. The first-order valence-electron chi connectivity index (χ1n) is 5.18. The molecule has 0 saturated heterocycles. The van der Waals surface area contributed by atoms with Crippen molar-refractivity contribution in [3.05, 3.63) is 0 Å². The van der Waals surface area contributed by atoms with Crippen LogP contribution < -0.4 is 5.32 Å². The lowest BCUT2D eigenvalue weighted by atomic mass is 10.2. The van der Waals surface area contributed by atoms with Gasteiger partial charge in [-0.1, -0.05) is 0 Å². The minimum Gasteiger partial charge on any atom is -0.396 e. The lowest BCUT2D eigenvalue weighted by Crippen LogP contribution is -2.41. The third-order valence-electron chi connectivity index (χ3n) is 1.94. The summed E-state index contributed by atoms with van der Waals surface area (Å²) in [6, 6.07) is 0.754. The van der Waals surface area contributed by atoms with Gasteiger partial charge in [0, 0.05) is 31.1 Å². The molecule has 0 spiro atoms. The second kappa shape index (κ2) is 9.77. The van der Waals surface area contributed by atoms with Crippen molar-refractivity contribution in [2.75, 3.05) is 31.8 Å². The molecule has 0 aliphatic rings. The molecule has 0 bridgehead atoms. The summed E-state index contributed by atoms with van der Waals surface area (Å²) in [7, 11) is 0. The van der Waals surface area contributed by atoms with Crippen LogP contribution in [0.25, 0.3) is 0 Å². The van der Waals surface area contributed by atoms with Gasteiger partial charge in [0.25, 0.3) is 0 Å². The van der Waals surface area contributed by atoms with Gasteiger partial charge in [-0.2, -0.15) is 11.8 Å². The van der Waals surface area contributed by atoms with E-state index in [2.05, 4.69) is 18.5 Å². The van der Waals surface area contributed by atoms with Crippen molar-refractivity contribution < 1.29 is 9.84 Å². The van der Waals surface area contributed by atoms with E-state index in [1.165, 1.54) is 0 Å². The van der Waals surface area contributed by atoms with E-state index in [0.29, 0.717) is 12.1 Å². The molecule has 0 aromatic rings. The van der Waals surface area contributed by atoms with Crippen LogP contribution in [-0.2, 0) is 4.74 Å². The molecule has 0 radical (unpaired) electrons. The lowest BCUT2D eigenvalue weighted by Gasteiger charge is -2.21. The normalized spacial score (nSPS) is 15.4. The minimum atomic E-state index is 0.250. The van der Waals surface area contributed by atoms with Crippen molar-refractivity contribution in [3.63, 3.8) is 0 Å². The fraction of sp³-hybridized carbons (Fsp3) is 1.00. The Morgan fingerprint density at radius 1 is 1.50 bits per heavy atom. The summed E-state index contributed by atoms with van der Waals surface area (Å²) in [4.78, 5) is 0. The number of nitrogens with one attached hydrogen (secondary N) is 1. The Labute approximate surface area is 91.6 Å². The highest BCUT2D eigenvalue weighted by Crippen LogP contribution is 2.02. The lowest BCUT2D eigenvalue weighted by molar-refractivity contribution is 0.122. The molecule has 0 fully saturated rings.